The van der Waals surface area contributed by atoms with Crippen molar-refractivity contribution in [2.45, 2.75) is 38.3 Å². The lowest BCUT2D eigenvalue weighted by Crippen LogP contribution is -2.43. The van der Waals surface area contributed by atoms with E-state index in [0.717, 1.165) is 31.4 Å². The number of H-pyrrole nitrogens is 1. The van der Waals surface area contributed by atoms with Gasteiger partial charge >= 0.3 is 4.87 Å². The Labute approximate surface area is 112 Å². The van der Waals surface area contributed by atoms with Crippen LogP contribution in [-0.4, -0.2) is 47.0 Å². The first-order chi connectivity index (χ1) is 8.81. The van der Waals surface area contributed by atoms with E-state index in [4.69, 9.17) is 0 Å². The molecule has 2 fully saturated rings. The molecule has 2 saturated heterocycles. The standard InChI is InChI=1S/C13H21N3OS/c17-13-14-11(10-18-13)8-15-5-3-7-16-6-2-1-4-12(16)9-15/h10,12H,1-9H2,(H,14,17). The van der Waals surface area contributed by atoms with Crippen LogP contribution >= 0.6 is 11.3 Å². The van der Waals surface area contributed by atoms with Gasteiger partial charge in [-0.1, -0.05) is 17.8 Å². The van der Waals surface area contributed by atoms with Crippen molar-refractivity contribution in [2.75, 3.05) is 26.2 Å². The quantitative estimate of drug-likeness (QED) is 0.882. The average Bonchev–Trinajstić information content (AvgIpc) is 2.66. The van der Waals surface area contributed by atoms with Crippen molar-refractivity contribution in [1.82, 2.24) is 14.8 Å². The van der Waals surface area contributed by atoms with Gasteiger partial charge in [-0.25, -0.2) is 0 Å². The fraction of sp³-hybridized carbons (Fsp3) is 0.769. The van der Waals surface area contributed by atoms with Gasteiger partial charge in [0.25, 0.3) is 0 Å². The normalized spacial score (nSPS) is 26.8. The molecule has 1 unspecified atom stereocenters. The summed E-state index contributed by atoms with van der Waals surface area (Å²) in [4.78, 5) is 19.3. The number of aromatic nitrogens is 1. The second-order valence-electron chi connectivity index (χ2n) is 5.45. The van der Waals surface area contributed by atoms with E-state index in [-0.39, 0.29) is 4.87 Å². The summed E-state index contributed by atoms with van der Waals surface area (Å²) in [6, 6.07) is 0.742. The summed E-state index contributed by atoms with van der Waals surface area (Å²) in [6.07, 6.45) is 5.35. The van der Waals surface area contributed by atoms with Crippen LogP contribution in [0.15, 0.2) is 10.2 Å². The molecule has 0 saturated carbocycles. The summed E-state index contributed by atoms with van der Waals surface area (Å²) in [5.74, 6) is 0. The van der Waals surface area contributed by atoms with Crippen LogP contribution in [0.3, 0.4) is 0 Å². The van der Waals surface area contributed by atoms with E-state index in [1.54, 1.807) is 0 Å². The fourth-order valence-electron chi connectivity index (χ4n) is 3.22. The summed E-state index contributed by atoms with van der Waals surface area (Å²) in [5.41, 5.74) is 1.08. The maximum Gasteiger partial charge on any atom is 0.304 e. The number of nitrogens with one attached hydrogen (secondary N) is 1. The van der Waals surface area contributed by atoms with Crippen LogP contribution in [0.1, 0.15) is 31.4 Å². The summed E-state index contributed by atoms with van der Waals surface area (Å²) in [6.45, 7) is 5.76. The molecule has 1 N–H and O–H groups in total. The Morgan fingerprint density at radius 1 is 1.28 bits per heavy atom. The van der Waals surface area contributed by atoms with Gasteiger partial charge in [-0.05, 0) is 38.9 Å². The molecule has 1 atom stereocenters. The largest absolute Gasteiger partial charge is 0.315 e. The first-order valence-electron chi connectivity index (χ1n) is 6.94. The molecule has 1 aromatic heterocycles. The number of nitrogens with zero attached hydrogens (tertiary/aromatic N) is 2. The van der Waals surface area contributed by atoms with Gasteiger partial charge in [-0.2, -0.15) is 0 Å². The lowest BCUT2D eigenvalue weighted by molar-refractivity contribution is 0.134. The van der Waals surface area contributed by atoms with E-state index in [0.29, 0.717) is 0 Å². The Hall–Kier alpha value is -0.650. The van der Waals surface area contributed by atoms with Crippen LogP contribution in [-0.2, 0) is 6.54 Å². The summed E-state index contributed by atoms with van der Waals surface area (Å²) >= 11 is 1.27. The highest BCUT2D eigenvalue weighted by molar-refractivity contribution is 7.07. The highest BCUT2D eigenvalue weighted by Crippen LogP contribution is 2.21. The van der Waals surface area contributed by atoms with Crippen LogP contribution in [0.5, 0.6) is 0 Å². The molecule has 100 valence electrons. The summed E-state index contributed by atoms with van der Waals surface area (Å²) in [5, 5.41) is 1.96. The maximum absolute atomic E-state index is 11.2. The lowest BCUT2D eigenvalue weighted by Gasteiger charge is -2.35. The molecule has 0 radical (unpaired) electrons. The van der Waals surface area contributed by atoms with Gasteiger partial charge in [0.1, 0.15) is 0 Å². The third-order valence-corrected chi connectivity index (χ3v) is 4.82. The molecule has 0 bridgehead atoms. The van der Waals surface area contributed by atoms with Crippen molar-refractivity contribution in [3.05, 3.63) is 20.7 Å². The number of fused-ring (bicyclic) bond motifs is 1. The first kappa shape index (κ1) is 12.4. The molecular weight excluding hydrogens is 246 g/mol. The number of hydrogen-bond donors (Lipinski definition) is 1. The lowest BCUT2D eigenvalue weighted by atomic mass is 10.0. The van der Waals surface area contributed by atoms with E-state index in [1.807, 2.05) is 5.38 Å². The van der Waals surface area contributed by atoms with E-state index in [9.17, 15) is 4.79 Å². The molecule has 5 heteroatoms. The van der Waals surface area contributed by atoms with Gasteiger partial charge in [0.2, 0.25) is 0 Å². The molecule has 3 rings (SSSR count). The van der Waals surface area contributed by atoms with E-state index in [1.165, 1.54) is 50.1 Å². The number of aromatic amines is 1. The molecule has 2 aliphatic heterocycles. The molecule has 1 aromatic rings. The molecule has 4 nitrogen and oxygen atoms in total. The third-order valence-electron chi connectivity index (χ3n) is 4.10. The molecular formula is C13H21N3OS. The van der Waals surface area contributed by atoms with Crippen LogP contribution < -0.4 is 4.87 Å². The Kier molecular flexibility index (Phi) is 3.82. The Morgan fingerprint density at radius 3 is 3.00 bits per heavy atom. The Balaban J connectivity index is 1.64. The van der Waals surface area contributed by atoms with Crippen molar-refractivity contribution in [3.8, 4) is 0 Å². The molecule has 18 heavy (non-hydrogen) atoms. The van der Waals surface area contributed by atoms with Gasteiger partial charge in [0, 0.05) is 30.2 Å². The summed E-state index contributed by atoms with van der Waals surface area (Å²) < 4.78 is 0. The third kappa shape index (κ3) is 2.84. The van der Waals surface area contributed by atoms with Crippen LogP contribution in [0.25, 0.3) is 0 Å². The van der Waals surface area contributed by atoms with Gasteiger partial charge in [-0.3, -0.25) is 14.6 Å². The van der Waals surface area contributed by atoms with Crippen LogP contribution in [0.2, 0.25) is 0 Å². The Morgan fingerprint density at radius 2 is 2.17 bits per heavy atom. The van der Waals surface area contributed by atoms with Crippen LogP contribution in [0, 0.1) is 0 Å². The van der Waals surface area contributed by atoms with Crippen molar-refractivity contribution in [3.63, 3.8) is 0 Å². The van der Waals surface area contributed by atoms with Gasteiger partial charge in [-0.15, -0.1) is 0 Å². The zero-order valence-corrected chi connectivity index (χ0v) is 11.5. The molecule has 2 aliphatic rings. The maximum atomic E-state index is 11.2. The summed E-state index contributed by atoms with van der Waals surface area (Å²) in [7, 11) is 0. The number of hydrogen-bond acceptors (Lipinski definition) is 4. The minimum atomic E-state index is 0.0686. The van der Waals surface area contributed by atoms with Gasteiger partial charge < -0.3 is 4.98 Å². The highest BCUT2D eigenvalue weighted by Gasteiger charge is 2.26. The number of piperidine rings is 1. The van der Waals surface area contributed by atoms with E-state index < -0.39 is 0 Å². The zero-order valence-electron chi connectivity index (χ0n) is 10.7. The topological polar surface area (TPSA) is 39.3 Å². The average molecular weight is 267 g/mol. The minimum Gasteiger partial charge on any atom is -0.315 e. The van der Waals surface area contributed by atoms with E-state index >= 15 is 0 Å². The fourth-order valence-corrected chi connectivity index (χ4v) is 3.80. The predicted octanol–water partition coefficient (Wildman–Crippen LogP) is 1.50. The molecule has 0 aromatic carbocycles. The van der Waals surface area contributed by atoms with E-state index in [2.05, 4.69) is 14.8 Å². The number of rotatable bonds is 2. The minimum absolute atomic E-state index is 0.0686. The van der Waals surface area contributed by atoms with Crippen molar-refractivity contribution >= 4 is 11.3 Å². The molecule has 0 aliphatic carbocycles. The van der Waals surface area contributed by atoms with Crippen molar-refractivity contribution in [1.29, 1.82) is 0 Å². The van der Waals surface area contributed by atoms with Gasteiger partial charge in [0.15, 0.2) is 0 Å². The van der Waals surface area contributed by atoms with Crippen LogP contribution in [0.4, 0.5) is 0 Å². The van der Waals surface area contributed by atoms with Crippen molar-refractivity contribution in [2.24, 2.45) is 0 Å². The SMILES string of the molecule is O=c1[nH]c(CN2CCCN3CCCCC3C2)cs1. The highest BCUT2D eigenvalue weighted by atomic mass is 32.1. The predicted molar refractivity (Wildman–Crippen MR) is 74.0 cm³/mol. The zero-order chi connectivity index (χ0) is 12.4. The monoisotopic (exact) mass is 267 g/mol. The molecule has 0 spiro atoms. The van der Waals surface area contributed by atoms with Gasteiger partial charge in [0.05, 0.1) is 0 Å². The van der Waals surface area contributed by atoms with Crippen molar-refractivity contribution < 1.29 is 0 Å². The molecule has 3 heterocycles. The first-order valence-corrected chi connectivity index (χ1v) is 7.82. The smallest absolute Gasteiger partial charge is 0.304 e. The Bertz CT molecular complexity index is 441. The molecule has 0 amide bonds. The number of thiazole rings is 1. The second-order valence-corrected chi connectivity index (χ2v) is 6.29. The second kappa shape index (κ2) is 5.55.